The van der Waals surface area contributed by atoms with Crippen molar-refractivity contribution in [2.75, 3.05) is 0 Å². The maximum atomic E-state index is 12.0. The van der Waals surface area contributed by atoms with E-state index >= 15 is 0 Å². The van der Waals surface area contributed by atoms with Crippen LogP contribution in [0.2, 0.25) is 0 Å². The molecule has 0 unspecified atom stereocenters. The largest absolute Gasteiger partial charge is 0.508 e. The zero-order chi connectivity index (χ0) is 14.6. The predicted molar refractivity (Wildman–Crippen MR) is 78.0 cm³/mol. The van der Waals surface area contributed by atoms with Crippen LogP contribution in [0.5, 0.6) is 5.75 Å². The molecule has 0 heterocycles. The summed E-state index contributed by atoms with van der Waals surface area (Å²) in [6.07, 6.45) is 0.958. The number of hydrogen-bond donors (Lipinski definition) is 2. The summed E-state index contributed by atoms with van der Waals surface area (Å²) in [6.45, 7) is 2.32. The van der Waals surface area contributed by atoms with Crippen molar-refractivity contribution in [3.63, 3.8) is 0 Å². The fourth-order valence-corrected chi connectivity index (χ4v) is 2.80. The molecule has 0 aromatic heterocycles. The van der Waals surface area contributed by atoms with Crippen molar-refractivity contribution in [3.05, 3.63) is 59.7 Å². The summed E-state index contributed by atoms with van der Waals surface area (Å²) in [4.78, 5) is 0.139. The lowest BCUT2D eigenvalue weighted by atomic mass is 10.1. The molecule has 0 aliphatic carbocycles. The first-order valence-corrected chi connectivity index (χ1v) is 7.86. The summed E-state index contributed by atoms with van der Waals surface area (Å²) in [7, 11) is -3.55. The van der Waals surface area contributed by atoms with Crippen molar-refractivity contribution in [1.82, 2.24) is 4.72 Å². The second-order valence-corrected chi connectivity index (χ2v) is 6.26. The van der Waals surface area contributed by atoms with Gasteiger partial charge in [-0.2, -0.15) is 0 Å². The zero-order valence-corrected chi connectivity index (χ0v) is 12.0. The summed E-state index contributed by atoms with van der Waals surface area (Å²) in [5.74, 6) is 0.0408. The van der Waals surface area contributed by atoms with Crippen molar-refractivity contribution in [2.24, 2.45) is 0 Å². The highest BCUT2D eigenvalue weighted by atomic mass is 32.2. The topological polar surface area (TPSA) is 66.4 Å². The molecular weight excluding hydrogens is 274 g/mol. The van der Waals surface area contributed by atoms with Gasteiger partial charge in [-0.15, -0.1) is 0 Å². The van der Waals surface area contributed by atoms with Crippen LogP contribution in [0.3, 0.4) is 0 Å². The Labute approximate surface area is 119 Å². The van der Waals surface area contributed by atoms with Gasteiger partial charge >= 0.3 is 0 Å². The Bertz CT molecular complexity index is 661. The molecule has 0 amide bonds. The number of aromatic hydroxyl groups is 1. The molecule has 20 heavy (non-hydrogen) atoms. The number of phenols is 1. The van der Waals surface area contributed by atoms with Crippen LogP contribution < -0.4 is 4.72 Å². The van der Waals surface area contributed by atoms with Gasteiger partial charge in [0.05, 0.1) is 4.90 Å². The highest BCUT2D eigenvalue weighted by Crippen LogP contribution is 2.14. The van der Waals surface area contributed by atoms with E-state index in [1.165, 1.54) is 29.8 Å². The summed E-state index contributed by atoms with van der Waals surface area (Å²) < 4.78 is 26.6. The van der Waals surface area contributed by atoms with Crippen LogP contribution >= 0.6 is 0 Å². The second-order valence-electron chi connectivity index (χ2n) is 4.49. The van der Waals surface area contributed by atoms with Gasteiger partial charge in [0.15, 0.2) is 0 Å². The Kier molecular flexibility index (Phi) is 4.42. The van der Waals surface area contributed by atoms with Gasteiger partial charge < -0.3 is 5.11 Å². The molecule has 0 saturated carbocycles. The monoisotopic (exact) mass is 291 g/mol. The van der Waals surface area contributed by atoms with Gasteiger partial charge in [0.25, 0.3) is 0 Å². The van der Waals surface area contributed by atoms with Crippen LogP contribution in [-0.4, -0.2) is 13.5 Å². The minimum Gasteiger partial charge on any atom is -0.508 e. The third kappa shape index (κ3) is 3.59. The van der Waals surface area contributed by atoms with Crippen LogP contribution in [0.1, 0.15) is 18.1 Å². The van der Waals surface area contributed by atoms with Crippen molar-refractivity contribution in [2.45, 2.75) is 24.8 Å². The number of phenolic OH excluding ortho intramolecular Hbond substituents is 1. The Morgan fingerprint density at radius 3 is 2.05 bits per heavy atom. The van der Waals surface area contributed by atoms with Crippen LogP contribution in [0.15, 0.2) is 53.4 Å². The van der Waals surface area contributed by atoms with E-state index in [0.717, 1.165) is 12.0 Å². The fourth-order valence-electron chi connectivity index (χ4n) is 1.78. The second kappa shape index (κ2) is 6.07. The van der Waals surface area contributed by atoms with Gasteiger partial charge in [-0.1, -0.05) is 31.2 Å². The quantitative estimate of drug-likeness (QED) is 0.889. The van der Waals surface area contributed by atoms with E-state index in [1.807, 2.05) is 24.3 Å². The first kappa shape index (κ1) is 14.6. The maximum Gasteiger partial charge on any atom is 0.240 e. The zero-order valence-electron chi connectivity index (χ0n) is 11.2. The molecule has 0 radical (unpaired) electrons. The third-order valence-corrected chi connectivity index (χ3v) is 4.46. The molecule has 0 spiro atoms. The molecule has 0 atom stereocenters. The van der Waals surface area contributed by atoms with Gasteiger partial charge in [0.2, 0.25) is 10.0 Å². The molecule has 0 fully saturated rings. The third-order valence-electron chi connectivity index (χ3n) is 3.04. The maximum absolute atomic E-state index is 12.0. The van der Waals surface area contributed by atoms with Gasteiger partial charge in [-0.25, -0.2) is 13.1 Å². The summed E-state index contributed by atoms with van der Waals surface area (Å²) in [5.41, 5.74) is 2.12. The van der Waals surface area contributed by atoms with Crippen LogP contribution in [0, 0.1) is 0 Å². The molecule has 2 N–H and O–H groups in total. The molecule has 4 nitrogen and oxygen atoms in total. The first-order chi connectivity index (χ1) is 9.51. The minimum absolute atomic E-state index is 0.0408. The fraction of sp³-hybridized carbons (Fsp3) is 0.200. The van der Waals surface area contributed by atoms with E-state index in [-0.39, 0.29) is 17.2 Å². The number of nitrogens with one attached hydrogen (secondary N) is 1. The van der Waals surface area contributed by atoms with Crippen molar-refractivity contribution >= 4 is 10.0 Å². The molecule has 2 rings (SSSR count). The van der Waals surface area contributed by atoms with E-state index < -0.39 is 10.0 Å². The lowest BCUT2D eigenvalue weighted by Crippen LogP contribution is -2.23. The molecule has 0 saturated heterocycles. The number of sulfonamides is 1. The van der Waals surface area contributed by atoms with Crippen LogP contribution in [0.4, 0.5) is 0 Å². The predicted octanol–water partition coefficient (Wildman–Crippen LogP) is 2.43. The van der Waals surface area contributed by atoms with E-state index in [1.54, 1.807) is 0 Å². The average molecular weight is 291 g/mol. The number of hydrogen-bond acceptors (Lipinski definition) is 3. The van der Waals surface area contributed by atoms with Gasteiger partial charge in [0, 0.05) is 6.54 Å². The Hall–Kier alpha value is -1.85. The highest BCUT2D eigenvalue weighted by molar-refractivity contribution is 7.89. The van der Waals surface area contributed by atoms with Gasteiger partial charge in [-0.05, 0) is 41.8 Å². The standard InChI is InChI=1S/C15H17NO3S/c1-2-12-3-5-13(6-4-12)11-16-20(18,19)15-9-7-14(17)8-10-15/h3-10,16-17H,2,11H2,1H3. The molecule has 0 aliphatic heterocycles. The van der Waals surface area contributed by atoms with Crippen molar-refractivity contribution in [3.8, 4) is 5.75 Å². The van der Waals surface area contributed by atoms with Gasteiger partial charge in [0.1, 0.15) is 5.75 Å². The molecule has 2 aromatic rings. The SMILES string of the molecule is CCc1ccc(CNS(=O)(=O)c2ccc(O)cc2)cc1. The Morgan fingerprint density at radius 1 is 0.950 bits per heavy atom. The van der Waals surface area contributed by atoms with Crippen molar-refractivity contribution in [1.29, 1.82) is 0 Å². The molecule has 2 aromatic carbocycles. The van der Waals surface area contributed by atoms with E-state index in [9.17, 15) is 8.42 Å². The van der Waals surface area contributed by atoms with Gasteiger partial charge in [-0.3, -0.25) is 0 Å². The lowest BCUT2D eigenvalue weighted by molar-refractivity contribution is 0.474. The summed E-state index contributed by atoms with van der Waals surface area (Å²) in [6, 6.07) is 13.3. The highest BCUT2D eigenvalue weighted by Gasteiger charge is 2.13. The Balaban J connectivity index is 2.06. The number of rotatable bonds is 5. The molecule has 0 aliphatic rings. The number of aryl methyl sites for hydroxylation is 1. The normalized spacial score (nSPS) is 11.4. The summed E-state index contributed by atoms with van der Waals surface area (Å²) >= 11 is 0. The van der Waals surface area contributed by atoms with E-state index in [4.69, 9.17) is 5.11 Å². The Morgan fingerprint density at radius 2 is 1.50 bits per heavy atom. The van der Waals surface area contributed by atoms with Crippen LogP contribution in [-0.2, 0) is 23.0 Å². The lowest BCUT2D eigenvalue weighted by Gasteiger charge is -2.07. The molecule has 5 heteroatoms. The van der Waals surface area contributed by atoms with Crippen molar-refractivity contribution < 1.29 is 13.5 Å². The van der Waals surface area contributed by atoms with E-state index in [2.05, 4.69) is 11.6 Å². The molecule has 106 valence electrons. The number of benzene rings is 2. The van der Waals surface area contributed by atoms with Crippen LogP contribution in [0.25, 0.3) is 0 Å². The molecule has 0 bridgehead atoms. The summed E-state index contributed by atoms with van der Waals surface area (Å²) in [5, 5.41) is 9.16. The minimum atomic E-state index is -3.55. The molecular formula is C15H17NO3S. The average Bonchev–Trinajstić information content (AvgIpc) is 2.46. The first-order valence-electron chi connectivity index (χ1n) is 6.38. The smallest absolute Gasteiger partial charge is 0.240 e. The van der Waals surface area contributed by atoms with E-state index in [0.29, 0.717) is 0 Å².